The molecule has 0 saturated carbocycles. The molecule has 3 aromatic rings. The number of amides is 1. The van der Waals surface area contributed by atoms with Gasteiger partial charge in [-0.25, -0.2) is 14.8 Å². The van der Waals surface area contributed by atoms with E-state index >= 15 is 0 Å². The summed E-state index contributed by atoms with van der Waals surface area (Å²) in [6, 6.07) is 10.9. The standard InChI is InChI=1S/C21H22ClN3O3/c1-21(2,3)28-20(26)25(4)19-9-6-13(12-23-19)17-11-16(22)15-8-7-14(27-5)10-18(15)24-17/h6-12H,1-5H3. The molecule has 0 N–H and O–H groups in total. The zero-order valence-corrected chi connectivity index (χ0v) is 17.2. The minimum Gasteiger partial charge on any atom is -0.497 e. The zero-order valence-electron chi connectivity index (χ0n) is 16.5. The van der Waals surface area contributed by atoms with Gasteiger partial charge in [-0.2, -0.15) is 0 Å². The number of fused-ring (bicyclic) bond motifs is 1. The number of halogens is 1. The van der Waals surface area contributed by atoms with Crippen LogP contribution in [-0.4, -0.2) is 35.8 Å². The van der Waals surface area contributed by atoms with E-state index < -0.39 is 11.7 Å². The number of hydrogen-bond acceptors (Lipinski definition) is 5. The second-order valence-electron chi connectivity index (χ2n) is 7.32. The summed E-state index contributed by atoms with van der Waals surface area (Å²) in [4.78, 5) is 22.6. The fourth-order valence-electron chi connectivity index (χ4n) is 2.60. The summed E-state index contributed by atoms with van der Waals surface area (Å²) in [5, 5.41) is 1.44. The maximum Gasteiger partial charge on any atom is 0.415 e. The molecule has 0 aliphatic rings. The fourth-order valence-corrected chi connectivity index (χ4v) is 2.86. The van der Waals surface area contributed by atoms with Crippen molar-refractivity contribution in [1.82, 2.24) is 9.97 Å². The van der Waals surface area contributed by atoms with Crippen molar-refractivity contribution in [2.75, 3.05) is 19.1 Å². The van der Waals surface area contributed by atoms with Crippen LogP contribution in [0.25, 0.3) is 22.2 Å². The Balaban J connectivity index is 1.90. The summed E-state index contributed by atoms with van der Waals surface area (Å²) < 4.78 is 10.6. The van der Waals surface area contributed by atoms with Crippen molar-refractivity contribution in [1.29, 1.82) is 0 Å². The van der Waals surface area contributed by atoms with Gasteiger partial charge in [0.05, 0.1) is 23.3 Å². The van der Waals surface area contributed by atoms with Gasteiger partial charge in [0.2, 0.25) is 0 Å². The molecule has 6 nitrogen and oxygen atoms in total. The fraction of sp³-hybridized carbons (Fsp3) is 0.286. The Morgan fingerprint density at radius 3 is 2.50 bits per heavy atom. The normalized spacial score (nSPS) is 11.4. The summed E-state index contributed by atoms with van der Waals surface area (Å²) in [5.74, 6) is 1.19. The quantitative estimate of drug-likeness (QED) is 0.595. The molecule has 0 aliphatic heterocycles. The van der Waals surface area contributed by atoms with Gasteiger partial charge in [0.15, 0.2) is 0 Å². The lowest BCUT2D eigenvalue weighted by atomic mass is 10.1. The maximum atomic E-state index is 12.2. The van der Waals surface area contributed by atoms with E-state index in [0.29, 0.717) is 22.3 Å². The van der Waals surface area contributed by atoms with E-state index in [1.54, 1.807) is 32.5 Å². The summed E-state index contributed by atoms with van der Waals surface area (Å²) >= 11 is 6.42. The molecule has 0 spiro atoms. The number of pyridine rings is 2. The van der Waals surface area contributed by atoms with Crippen LogP contribution in [0.2, 0.25) is 5.02 Å². The molecule has 1 amide bonds. The van der Waals surface area contributed by atoms with Gasteiger partial charge >= 0.3 is 6.09 Å². The molecule has 146 valence electrons. The molecule has 2 aromatic heterocycles. The van der Waals surface area contributed by atoms with Crippen LogP contribution < -0.4 is 9.64 Å². The molecule has 0 unspecified atom stereocenters. The number of methoxy groups -OCH3 is 1. The average Bonchev–Trinajstić information content (AvgIpc) is 2.65. The first-order valence-electron chi connectivity index (χ1n) is 8.75. The largest absolute Gasteiger partial charge is 0.497 e. The molecule has 28 heavy (non-hydrogen) atoms. The van der Waals surface area contributed by atoms with E-state index in [1.807, 2.05) is 45.0 Å². The van der Waals surface area contributed by atoms with E-state index in [9.17, 15) is 4.79 Å². The lowest BCUT2D eigenvalue weighted by Gasteiger charge is -2.24. The predicted molar refractivity (Wildman–Crippen MR) is 111 cm³/mol. The molecule has 0 saturated heterocycles. The summed E-state index contributed by atoms with van der Waals surface area (Å²) in [6.45, 7) is 5.46. The summed E-state index contributed by atoms with van der Waals surface area (Å²) in [5.41, 5.74) is 1.63. The minimum atomic E-state index is -0.571. The minimum absolute atomic E-state index is 0.466. The van der Waals surface area contributed by atoms with Crippen molar-refractivity contribution in [3.8, 4) is 17.0 Å². The third-order valence-corrected chi connectivity index (χ3v) is 4.33. The first kappa shape index (κ1) is 19.9. The van der Waals surface area contributed by atoms with Crippen LogP contribution in [0.3, 0.4) is 0 Å². The van der Waals surface area contributed by atoms with Crippen LogP contribution in [-0.2, 0) is 4.74 Å². The predicted octanol–water partition coefficient (Wildman–Crippen LogP) is 5.33. The molecule has 0 fully saturated rings. The zero-order chi connectivity index (χ0) is 20.5. The van der Waals surface area contributed by atoms with Crippen molar-refractivity contribution >= 4 is 34.4 Å². The smallest absolute Gasteiger partial charge is 0.415 e. The van der Waals surface area contributed by atoms with Crippen LogP contribution in [0.5, 0.6) is 5.75 Å². The molecule has 0 radical (unpaired) electrons. The number of benzene rings is 1. The number of carbonyl (C=O) groups excluding carboxylic acids is 1. The van der Waals surface area contributed by atoms with Crippen LogP contribution in [0.4, 0.5) is 10.6 Å². The Morgan fingerprint density at radius 1 is 1.14 bits per heavy atom. The molecule has 1 aromatic carbocycles. The Labute approximate surface area is 169 Å². The van der Waals surface area contributed by atoms with Crippen molar-refractivity contribution in [2.24, 2.45) is 0 Å². The first-order valence-corrected chi connectivity index (χ1v) is 9.13. The number of nitrogens with zero attached hydrogens (tertiary/aromatic N) is 3. The number of hydrogen-bond donors (Lipinski definition) is 0. The van der Waals surface area contributed by atoms with E-state index in [1.165, 1.54) is 4.90 Å². The highest BCUT2D eigenvalue weighted by Gasteiger charge is 2.21. The van der Waals surface area contributed by atoms with Gasteiger partial charge in [0.25, 0.3) is 0 Å². The molecule has 2 heterocycles. The Bertz CT molecular complexity index is 1010. The van der Waals surface area contributed by atoms with Crippen molar-refractivity contribution in [3.05, 3.63) is 47.6 Å². The highest BCUT2D eigenvalue weighted by molar-refractivity contribution is 6.35. The Kier molecular flexibility index (Phi) is 5.42. The Morgan fingerprint density at radius 2 is 1.89 bits per heavy atom. The molecular weight excluding hydrogens is 378 g/mol. The summed E-state index contributed by atoms with van der Waals surface area (Å²) in [6.07, 6.45) is 1.19. The monoisotopic (exact) mass is 399 g/mol. The van der Waals surface area contributed by atoms with E-state index in [4.69, 9.17) is 21.1 Å². The highest BCUT2D eigenvalue weighted by Crippen LogP contribution is 2.30. The second-order valence-corrected chi connectivity index (χ2v) is 7.72. The van der Waals surface area contributed by atoms with Crippen LogP contribution >= 0.6 is 11.6 Å². The number of carbonyl (C=O) groups is 1. The van der Waals surface area contributed by atoms with Crippen LogP contribution in [0, 0.1) is 0 Å². The van der Waals surface area contributed by atoms with Gasteiger partial charge in [-0.05, 0) is 51.1 Å². The van der Waals surface area contributed by atoms with Crippen molar-refractivity contribution < 1.29 is 14.3 Å². The first-order chi connectivity index (χ1) is 13.2. The van der Waals surface area contributed by atoms with Gasteiger partial charge in [0.1, 0.15) is 17.2 Å². The van der Waals surface area contributed by atoms with E-state index in [-0.39, 0.29) is 0 Å². The van der Waals surface area contributed by atoms with Gasteiger partial charge in [-0.1, -0.05) is 11.6 Å². The maximum absolute atomic E-state index is 12.2. The molecular formula is C21H22ClN3O3. The van der Waals surface area contributed by atoms with Gasteiger partial charge in [-0.3, -0.25) is 4.90 Å². The molecule has 0 atom stereocenters. The summed E-state index contributed by atoms with van der Waals surface area (Å²) in [7, 11) is 3.23. The number of anilines is 1. The molecule has 3 rings (SSSR count). The molecule has 0 aliphatic carbocycles. The van der Waals surface area contributed by atoms with Gasteiger partial charge in [-0.15, -0.1) is 0 Å². The lowest BCUT2D eigenvalue weighted by Crippen LogP contribution is -2.34. The number of ether oxygens (including phenoxy) is 2. The number of aromatic nitrogens is 2. The molecule has 0 bridgehead atoms. The lowest BCUT2D eigenvalue weighted by molar-refractivity contribution is 0.0588. The number of rotatable bonds is 3. The van der Waals surface area contributed by atoms with Gasteiger partial charge in [0, 0.05) is 30.3 Å². The third kappa shape index (κ3) is 4.34. The molecule has 7 heteroatoms. The van der Waals surface area contributed by atoms with E-state index in [2.05, 4.69) is 9.97 Å². The van der Waals surface area contributed by atoms with Crippen molar-refractivity contribution in [2.45, 2.75) is 26.4 Å². The average molecular weight is 400 g/mol. The third-order valence-electron chi connectivity index (χ3n) is 4.02. The highest BCUT2D eigenvalue weighted by atomic mass is 35.5. The van der Waals surface area contributed by atoms with Crippen LogP contribution in [0.1, 0.15) is 20.8 Å². The Hall–Kier alpha value is -2.86. The van der Waals surface area contributed by atoms with Crippen molar-refractivity contribution in [3.63, 3.8) is 0 Å². The topological polar surface area (TPSA) is 64.5 Å². The van der Waals surface area contributed by atoms with Crippen LogP contribution in [0.15, 0.2) is 42.6 Å². The van der Waals surface area contributed by atoms with E-state index in [0.717, 1.165) is 16.5 Å². The SMILES string of the molecule is COc1ccc2c(Cl)cc(-c3ccc(N(C)C(=O)OC(C)(C)C)nc3)nc2c1. The second kappa shape index (κ2) is 7.64. The van der Waals surface area contributed by atoms with Gasteiger partial charge < -0.3 is 9.47 Å².